The van der Waals surface area contributed by atoms with Gasteiger partial charge in [-0.3, -0.25) is 0 Å². The summed E-state index contributed by atoms with van der Waals surface area (Å²) in [5.41, 5.74) is 2.26. The summed E-state index contributed by atoms with van der Waals surface area (Å²) in [6.07, 6.45) is 0. The van der Waals surface area contributed by atoms with Crippen LogP contribution in [0.5, 0.6) is 0 Å². The maximum atomic E-state index is 9.14. The van der Waals surface area contributed by atoms with E-state index in [1.54, 1.807) is 7.11 Å². The molecule has 1 N–H and O–H groups in total. The van der Waals surface area contributed by atoms with Gasteiger partial charge in [-0.1, -0.05) is 35.0 Å². The molecule has 3 heteroatoms. The van der Waals surface area contributed by atoms with Gasteiger partial charge in [0, 0.05) is 24.1 Å². The van der Waals surface area contributed by atoms with E-state index in [1.165, 1.54) is 0 Å². The number of benzene rings is 1. The van der Waals surface area contributed by atoms with E-state index in [-0.39, 0.29) is 12.5 Å². The fourth-order valence-corrected chi connectivity index (χ4v) is 2.30. The Morgan fingerprint density at radius 3 is 2.79 bits per heavy atom. The molecule has 0 bridgehead atoms. The van der Waals surface area contributed by atoms with Crippen molar-refractivity contribution >= 4 is 15.9 Å². The normalized spacial score (nSPS) is 12.9. The summed E-state index contributed by atoms with van der Waals surface area (Å²) in [5.74, 6) is 0.135. The van der Waals surface area contributed by atoms with Crippen molar-refractivity contribution in [2.75, 3.05) is 13.7 Å². The Balaban J connectivity index is 3.08. The van der Waals surface area contributed by atoms with E-state index in [0.717, 1.165) is 15.6 Å². The summed E-state index contributed by atoms with van der Waals surface area (Å²) >= 11 is 3.49. The van der Waals surface area contributed by atoms with Crippen LogP contribution in [0.25, 0.3) is 0 Å². The third-order valence-corrected chi connectivity index (χ3v) is 2.90. The summed E-state index contributed by atoms with van der Waals surface area (Å²) < 4.78 is 6.15. The topological polar surface area (TPSA) is 29.5 Å². The molecule has 0 radical (unpaired) electrons. The van der Waals surface area contributed by atoms with E-state index in [1.807, 2.05) is 25.1 Å². The fourth-order valence-electron chi connectivity index (χ4n) is 1.51. The Morgan fingerprint density at radius 1 is 1.50 bits per heavy atom. The van der Waals surface area contributed by atoms with Crippen molar-refractivity contribution in [3.05, 3.63) is 33.8 Å². The Kier molecular flexibility index (Phi) is 4.58. The van der Waals surface area contributed by atoms with Gasteiger partial charge in [0.05, 0.1) is 6.61 Å². The fraction of sp³-hybridized carbons (Fsp3) is 0.455. The molecule has 0 aliphatic carbocycles. The van der Waals surface area contributed by atoms with Gasteiger partial charge in [0.25, 0.3) is 0 Å². The lowest BCUT2D eigenvalue weighted by Gasteiger charge is -2.15. The largest absolute Gasteiger partial charge is 0.396 e. The molecule has 0 aliphatic heterocycles. The number of hydrogen-bond donors (Lipinski definition) is 1. The second-order valence-corrected chi connectivity index (χ2v) is 4.18. The third-order valence-electron chi connectivity index (χ3n) is 2.21. The zero-order valence-electron chi connectivity index (χ0n) is 8.46. The SMILES string of the molecule is COCc1cccc(Br)c1C(C)CO. The van der Waals surface area contributed by atoms with E-state index in [2.05, 4.69) is 15.9 Å². The zero-order valence-corrected chi connectivity index (χ0v) is 10.0. The Hall–Kier alpha value is -0.380. The molecule has 78 valence electrons. The van der Waals surface area contributed by atoms with Crippen molar-refractivity contribution in [1.82, 2.24) is 0 Å². The van der Waals surface area contributed by atoms with Crippen LogP contribution in [0.4, 0.5) is 0 Å². The highest BCUT2D eigenvalue weighted by atomic mass is 79.9. The predicted octanol–water partition coefficient (Wildman–Crippen LogP) is 2.69. The first-order chi connectivity index (χ1) is 6.70. The Morgan fingerprint density at radius 2 is 2.21 bits per heavy atom. The molecule has 1 aromatic rings. The molecule has 0 spiro atoms. The van der Waals surface area contributed by atoms with E-state index >= 15 is 0 Å². The average Bonchev–Trinajstić information content (AvgIpc) is 2.18. The van der Waals surface area contributed by atoms with E-state index in [0.29, 0.717) is 6.61 Å². The molecule has 1 unspecified atom stereocenters. The molecule has 0 fully saturated rings. The Labute approximate surface area is 93.0 Å². The van der Waals surface area contributed by atoms with Crippen LogP contribution in [0, 0.1) is 0 Å². The summed E-state index contributed by atoms with van der Waals surface area (Å²) in [7, 11) is 1.67. The van der Waals surface area contributed by atoms with Gasteiger partial charge in [-0.2, -0.15) is 0 Å². The minimum atomic E-state index is 0.135. The van der Waals surface area contributed by atoms with Crippen LogP contribution in [-0.4, -0.2) is 18.8 Å². The molecular weight excluding hydrogens is 244 g/mol. The summed E-state index contributed by atoms with van der Waals surface area (Å²) in [6, 6.07) is 5.99. The van der Waals surface area contributed by atoms with Crippen molar-refractivity contribution in [3.63, 3.8) is 0 Å². The minimum absolute atomic E-state index is 0.135. The molecule has 1 rings (SSSR count). The predicted molar refractivity (Wildman–Crippen MR) is 60.4 cm³/mol. The number of halogens is 1. The lowest BCUT2D eigenvalue weighted by atomic mass is 9.97. The van der Waals surface area contributed by atoms with Gasteiger partial charge in [-0.25, -0.2) is 0 Å². The van der Waals surface area contributed by atoms with Crippen molar-refractivity contribution in [2.45, 2.75) is 19.4 Å². The van der Waals surface area contributed by atoms with Crippen LogP contribution >= 0.6 is 15.9 Å². The first kappa shape index (κ1) is 11.7. The van der Waals surface area contributed by atoms with Crippen LogP contribution in [0.3, 0.4) is 0 Å². The molecule has 1 atom stereocenters. The number of hydrogen-bond acceptors (Lipinski definition) is 2. The van der Waals surface area contributed by atoms with Crippen molar-refractivity contribution in [2.24, 2.45) is 0 Å². The molecule has 0 amide bonds. The van der Waals surface area contributed by atoms with Gasteiger partial charge >= 0.3 is 0 Å². The molecule has 0 heterocycles. The Bertz CT molecular complexity index is 299. The number of ether oxygens (including phenoxy) is 1. The second kappa shape index (κ2) is 5.49. The van der Waals surface area contributed by atoms with Crippen molar-refractivity contribution in [3.8, 4) is 0 Å². The van der Waals surface area contributed by atoms with Gasteiger partial charge in [0.15, 0.2) is 0 Å². The standard InChI is InChI=1S/C11H15BrO2/c1-8(6-13)11-9(7-14-2)4-3-5-10(11)12/h3-5,8,13H,6-7H2,1-2H3. The summed E-state index contributed by atoms with van der Waals surface area (Å²) in [4.78, 5) is 0. The number of aliphatic hydroxyl groups excluding tert-OH is 1. The van der Waals surface area contributed by atoms with E-state index < -0.39 is 0 Å². The molecule has 0 aromatic heterocycles. The van der Waals surface area contributed by atoms with Crippen LogP contribution in [0.15, 0.2) is 22.7 Å². The van der Waals surface area contributed by atoms with Gasteiger partial charge in [-0.15, -0.1) is 0 Å². The van der Waals surface area contributed by atoms with Crippen LogP contribution in [-0.2, 0) is 11.3 Å². The van der Waals surface area contributed by atoms with Crippen molar-refractivity contribution in [1.29, 1.82) is 0 Å². The molecule has 2 nitrogen and oxygen atoms in total. The monoisotopic (exact) mass is 258 g/mol. The van der Waals surface area contributed by atoms with E-state index in [9.17, 15) is 0 Å². The quantitative estimate of drug-likeness (QED) is 0.900. The molecular formula is C11H15BrO2. The highest BCUT2D eigenvalue weighted by molar-refractivity contribution is 9.10. The lowest BCUT2D eigenvalue weighted by molar-refractivity contribution is 0.182. The van der Waals surface area contributed by atoms with Gasteiger partial charge < -0.3 is 9.84 Å². The molecule has 0 aliphatic rings. The number of aliphatic hydroxyl groups is 1. The molecule has 0 saturated carbocycles. The minimum Gasteiger partial charge on any atom is -0.396 e. The van der Waals surface area contributed by atoms with Gasteiger partial charge in [0.1, 0.15) is 0 Å². The molecule has 0 saturated heterocycles. The van der Waals surface area contributed by atoms with E-state index in [4.69, 9.17) is 9.84 Å². The maximum Gasteiger partial charge on any atom is 0.0716 e. The smallest absolute Gasteiger partial charge is 0.0716 e. The molecule has 1 aromatic carbocycles. The summed E-state index contributed by atoms with van der Waals surface area (Å²) in [6.45, 7) is 2.73. The zero-order chi connectivity index (χ0) is 10.6. The first-order valence-electron chi connectivity index (χ1n) is 4.57. The lowest BCUT2D eigenvalue weighted by Crippen LogP contribution is -2.05. The van der Waals surface area contributed by atoms with Crippen molar-refractivity contribution < 1.29 is 9.84 Å². The molecule has 14 heavy (non-hydrogen) atoms. The highest BCUT2D eigenvalue weighted by Crippen LogP contribution is 2.28. The third kappa shape index (κ3) is 2.56. The highest BCUT2D eigenvalue weighted by Gasteiger charge is 2.12. The first-order valence-corrected chi connectivity index (χ1v) is 5.37. The van der Waals surface area contributed by atoms with Gasteiger partial charge in [0.2, 0.25) is 0 Å². The van der Waals surface area contributed by atoms with Crippen LogP contribution in [0.1, 0.15) is 24.0 Å². The average molecular weight is 259 g/mol. The maximum absolute atomic E-state index is 9.14. The second-order valence-electron chi connectivity index (χ2n) is 3.33. The number of rotatable bonds is 4. The van der Waals surface area contributed by atoms with Crippen LogP contribution < -0.4 is 0 Å². The van der Waals surface area contributed by atoms with Gasteiger partial charge in [-0.05, 0) is 17.2 Å². The summed E-state index contributed by atoms with van der Waals surface area (Å²) in [5, 5.41) is 9.14. The number of methoxy groups -OCH3 is 1. The van der Waals surface area contributed by atoms with Crippen LogP contribution in [0.2, 0.25) is 0 Å².